The van der Waals surface area contributed by atoms with E-state index < -0.39 is 6.10 Å². The van der Waals surface area contributed by atoms with Crippen molar-refractivity contribution >= 4 is 5.97 Å². The number of esters is 1. The number of hydrogen-bond donors (Lipinski definition) is 0. The third kappa shape index (κ3) is 5.25. The van der Waals surface area contributed by atoms with E-state index in [2.05, 4.69) is 6.92 Å². The molecule has 124 valence electrons. The number of furan rings is 1. The maximum absolute atomic E-state index is 12.1. The largest absolute Gasteiger partial charge is 0.467 e. The molecule has 4 nitrogen and oxygen atoms in total. The van der Waals surface area contributed by atoms with Gasteiger partial charge in [-0.25, -0.2) is 4.79 Å². The normalized spacial score (nSPS) is 13.5. The summed E-state index contributed by atoms with van der Waals surface area (Å²) in [6, 6.07) is 13.5. The Bertz CT molecular complexity index is 562. The van der Waals surface area contributed by atoms with Crippen LogP contribution < -0.4 is 0 Å². The molecule has 2 aromatic rings. The molecule has 2 rings (SSSR count). The molecule has 0 bridgehead atoms. The quantitative estimate of drug-likeness (QED) is 0.647. The molecule has 0 saturated heterocycles. The molecule has 1 aromatic carbocycles. The highest BCUT2D eigenvalue weighted by atomic mass is 16.6. The van der Waals surface area contributed by atoms with Crippen molar-refractivity contribution in [3.05, 3.63) is 60.1 Å². The molecule has 4 heteroatoms. The van der Waals surface area contributed by atoms with Crippen molar-refractivity contribution in [3.8, 4) is 0 Å². The first kappa shape index (κ1) is 17.3. The summed E-state index contributed by atoms with van der Waals surface area (Å²) < 4.78 is 16.5. The van der Waals surface area contributed by atoms with Gasteiger partial charge < -0.3 is 13.9 Å². The average molecular weight is 316 g/mol. The van der Waals surface area contributed by atoms with Crippen molar-refractivity contribution in [2.45, 2.75) is 44.8 Å². The van der Waals surface area contributed by atoms with Gasteiger partial charge in [-0.05, 0) is 24.1 Å². The summed E-state index contributed by atoms with van der Waals surface area (Å²) in [6.07, 6.45) is 4.10. The molecule has 0 radical (unpaired) electrons. The Morgan fingerprint density at radius 3 is 2.57 bits per heavy atom. The summed E-state index contributed by atoms with van der Waals surface area (Å²) in [5.74, 6) is 0.391. The lowest BCUT2D eigenvalue weighted by Crippen LogP contribution is -2.29. The van der Waals surface area contributed by atoms with E-state index in [-0.39, 0.29) is 12.1 Å². The standard InChI is InChI=1S/C19H24O4/c1-3-4-11-17(16-12-8-13-22-16)23-18(19(20)21-2)14-15-9-6-5-7-10-15/h5-10,12-13,17-18H,3-4,11,14H2,1-2H3. The fraction of sp³-hybridized carbons (Fsp3) is 0.421. The molecule has 0 aliphatic carbocycles. The smallest absolute Gasteiger partial charge is 0.335 e. The number of methoxy groups -OCH3 is 1. The van der Waals surface area contributed by atoms with Gasteiger partial charge in [0.1, 0.15) is 11.9 Å². The molecular formula is C19H24O4. The summed E-state index contributed by atoms with van der Waals surface area (Å²) >= 11 is 0. The maximum atomic E-state index is 12.1. The van der Waals surface area contributed by atoms with Gasteiger partial charge in [-0.15, -0.1) is 0 Å². The second-order valence-electron chi connectivity index (χ2n) is 5.48. The first-order chi connectivity index (χ1) is 11.2. The van der Waals surface area contributed by atoms with Crippen LogP contribution in [0.4, 0.5) is 0 Å². The Kier molecular flexibility index (Phi) is 6.88. The van der Waals surface area contributed by atoms with Gasteiger partial charge in [0.05, 0.1) is 13.4 Å². The molecule has 23 heavy (non-hydrogen) atoms. The predicted molar refractivity (Wildman–Crippen MR) is 88.0 cm³/mol. The van der Waals surface area contributed by atoms with Crippen molar-refractivity contribution < 1.29 is 18.7 Å². The zero-order valence-corrected chi connectivity index (χ0v) is 13.7. The van der Waals surface area contributed by atoms with Gasteiger partial charge in [-0.1, -0.05) is 50.1 Å². The van der Waals surface area contributed by atoms with Crippen LogP contribution in [0.3, 0.4) is 0 Å². The van der Waals surface area contributed by atoms with E-state index in [0.717, 1.165) is 30.6 Å². The Morgan fingerprint density at radius 2 is 1.96 bits per heavy atom. The molecule has 1 aromatic heterocycles. The minimum Gasteiger partial charge on any atom is -0.467 e. The van der Waals surface area contributed by atoms with E-state index >= 15 is 0 Å². The van der Waals surface area contributed by atoms with Crippen LogP contribution in [-0.4, -0.2) is 19.2 Å². The number of hydrogen-bond acceptors (Lipinski definition) is 4. The van der Waals surface area contributed by atoms with Crippen LogP contribution in [0.2, 0.25) is 0 Å². The van der Waals surface area contributed by atoms with Crippen LogP contribution in [0.1, 0.15) is 43.6 Å². The zero-order valence-electron chi connectivity index (χ0n) is 13.7. The molecule has 1 heterocycles. The number of unbranched alkanes of at least 4 members (excludes halogenated alkanes) is 1. The van der Waals surface area contributed by atoms with Gasteiger partial charge in [-0.2, -0.15) is 0 Å². The van der Waals surface area contributed by atoms with Gasteiger partial charge in [0, 0.05) is 6.42 Å². The highest BCUT2D eigenvalue weighted by Gasteiger charge is 2.26. The number of benzene rings is 1. The third-order valence-electron chi connectivity index (χ3n) is 3.74. The highest BCUT2D eigenvalue weighted by Crippen LogP contribution is 2.27. The average Bonchev–Trinajstić information content (AvgIpc) is 3.12. The van der Waals surface area contributed by atoms with E-state index in [1.165, 1.54) is 7.11 Å². The topological polar surface area (TPSA) is 48.7 Å². The van der Waals surface area contributed by atoms with E-state index in [1.807, 2.05) is 42.5 Å². The minimum atomic E-state index is -0.644. The van der Waals surface area contributed by atoms with Crippen LogP contribution in [0.25, 0.3) is 0 Å². The zero-order chi connectivity index (χ0) is 16.5. The lowest BCUT2D eigenvalue weighted by molar-refractivity contribution is -0.159. The van der Waals surface area contributed by atoms with E-state index in [1.54, 1.807) is 6.26 Å². The van der Waals surface area contributed by atoms with Crippen molar-refractivity contribution in [2.24, 2.45) is 0 Å². The Hall–Kier alpha value is -2.07. The third-order valence-corrected chi connectivity index (χ3v) is 3.74. The fourth-order valence-corrected chi connectivity index (χ4v) is 2.49. The summed E-state index contributed by atoms with van der Waals surface area (Å²) in [4.78, 5) is 12.1. The van der Waals surface area contributed by atoms with Crippen molar-refractivity contribution in [1.29, 1.82) is 0 Å². The van der Waals surface area contributed by atoms with Crippen LogP contribution >= 0.6 is 0 Å². The molecule has 0 aliphatic rings. The lowest BCUT2D eigenvalue weighted by Gasteiger charge is -2.22. The number of carbonyl (C=O) groups is 1. The Balaban J connectivity index is 2.11. The molecule has 0 spiro atoms. The molecule has 0 fully saturated rings. The van der Waals surface area contributed by atoms with Crippen molar-refractivity contribution in [1.82, 2.24) is 0 Å². The number of rotatable bonds is 9. The van der Waals surface area contributed by atoms with Gasteiger partial charge in [0.2, 0.25) is 0 Å². The van der Waals surface area contributed by atoms with Crippen molar-refractivity contribution in [2.75, 3.05) is 7.11 Å². The molecule has 0 amide bonds. The van der Waals surface area contributed by atoms with E-state index in [0.29, 0.717) is 6.42 Å². The summed E-state index contributed by atoms with van der Waals surface area (Å²) in [7, 11) is 1.39. The van der Waals surface area contributed by atoms with Gasteiger partial charge >= 0.3 is 5.97 Å². The Morgan fingerprint density at radius 1 is 1.17 bits per heavy atom. The number of ether oxygens (including phenoxy) is 2. The Labute approximate surface area is 137 Å². The van der Waals surface area contributed by atoms with E-state index in [4.69, 9.17) is 13.9 Å². The van der Waals surface area contributed by atoms with Gasteiger partial charge in [0.15, 0.2) is 6.10 Å². The second-order valence-corrected chi connectivity index (χ2v) is 5.48. The van der Waals surface area contributed by atoms with Gasteiger partial charge in [0.25, 0.3) is 0 Å². The summed E-state index contributed by atoms with van der Waals surface area (Å²) in [6.45, 7) is 2.13. The highest BCUT2D eigenvalue weighted by molar-refractivity contribution is 5.75. The maximum Gasteiger partial charge on any atom is 0.335 e. The molecule has 2 atom stereocenters. The first-order valence-electron chi connectivity index (χ1n) is 8.05. The van der Waals surface area contributed by atoms with E-state index in [9.17, 15) is 4.79 Å². The molecule has 0 saturated carbocycles. The van der Waals surface area contributed by atoms with Crippen LogP contribution in [0, 0.1) is 0 Å². The molecule has 0 N–H and O–H groups in total. The SMILES string of the molecule is CCCCC(OC(Cc1ccccc1)C(=O)OC)c1ccco1. The monoisotopic (exact) mass is 316 g/mol. The van der Waals surface area contributed by atoms with Crippen LogP contribution in [-0.2, 0) is 20.7 Å². The van der Waals surface area contributed by atoms with Crippen LogP contribution in [0.5, 0.6) is 0 Å². The van der Waals surface area contributed by atoms with Crippen molar-refractivity contribution in [3.63, 3.8) is 0 Å². The minimum absolute atomic E-state index is 0.238. The van der Waals surface area contributed by atoms with Crippen LogP contribution in [0.15, 0.2) is 53.1 Å². The molecule has 0 aliphatic heterocycles. The predicted octanol–water partition coefficient (Wildman–Crippen LogP) is 4.31. The molecule has 2 unspecified atom stereocenters. The van der Waals surface area contributed by atoms with Gasteiger partial charge in [-0.3, -0.25) is 0 Å². The number of carbonyl (C=O) groups excluding carboxylic acids is 1. The lowest BCUT2D eigenvalue weighted by atomic mass is 10.1. The fourth-order valence-electron chi connectivity index (χ4n) is 2.49. The molecular weight excluding hydrogens is 292 g/mol. The second kappa shape index (κ2) is 9.16. The summed E-state index contributed by atoms with van der Waals surface area (Å²) in [5.41, 5.74) is 1.04. The summed E-state index contributed by atoms with van der Waals surface area (Å²) in [5, 5.41) is 0. The first-order valence-corrected chi connectivity index (χ1v) is 8.05.